The van der Waals surface area contributed by atoms with Gasteiger partial charge in [0.1, 0.15) is 6.04 Å². The SMILES string of the molecule is CC[C@H](NC(=O)C1CC2CCCCC2N1)C(=O)O. The van der Waals surface area contributed by atoms with Gasteiger partial charge in [-0.25, -0.2) is 4.79 Å². The fraction of sp³-hybridized carbons (Fsp3) is 0.846. The van der Waals surface area contributed by atoms with Crippen molar-refractivity contribution in [3.63, 3.8) is 0 Å². The summed E-state index contributed by atoms with van der Waals surface area (Å²) in [5.74, 6) is -0.515. The van der Waals surface area contributed by atoms with E-state index in [9.17, 15) is 9.59 Å². The molecule has 1 saturated carbocycles. The Morgan fingerprint density at radius 1 is 1.39 bits per heavy atom. The zero-order valence-corrected chi connectivity index (χ0v) is 10.8. The molecule has 1 aliphatic carbocycles. The molecule has 102 valence electrons. The highest BCUT2D eigenvalue weighted by molar-refractivity contribution is 5.87. The molecule has 5 nitrogen and oxygen atoms in total. The van der Waals surface area contributed by atoms with E-state index in [1.165, 1.54) is 19.3 Å². The predicted octanol–water partition coefficient (Wildman–Crippen LogP) is 0.886. The highest BCUT2D eigenvalue weighted by Crippen LogP contribution is 2.33. The first kappa shape index (κ1) is 13.3. The van der Waals surface area contributed by atoms with Crippen molar-refractivity contribution in [2.75, 3.05) is 0 Å². The van der Waals surface area contributed by atoms with Crippen LogP contribution in [0.2, 0.25) is 0 Å². The van der Waals surface area contributed by atoms with Crippen LogP contribution in [0.1, 0.15) is 45.4 Å². The van der Waals surface area contributed by atoms with Crippen LogP contribution < -0.4 is 10.6 Å². The van der Waals surface area contributed by atoms with E-state index in [0.717, 1.165) is 12.8 Å². The summed E-state index contributed by atoms with van der Waals surface area (Å²) < 4.78 is 0. The molecule has 1 saturated heterocycles. The molecule has 18 heavy (non-hydrogen) atoms. The molecule has 2 rings (SSSR count). The third-order valence-electron chi connectivity index (χ3n) is 4.20. The van der Waals surface area contributed by atoms with Crippen molar-refractivity contribution >= 4 is 11.9 Å². The molecule has 1 aliphatic heterocycles. The maximum Gasteiger partial charge on any atom is 0.326 e. The number of carbonyl (C=O) groups is 2. The molecule has 3 N–H and O–H groups in total. The van der Waals surface area contributed by atoms with Crippen molar-refractivity contribution in [2.24, 2.45) is 5.92 Å². The zero-order valence-electron chi connectivity index (χ0n) is 10.8. The van der Waals surface area contributed by atoms with Crippen molar-refractivity contribution in [1.29, 1.82) is 0 Å². The topological polar surface area (TPSA) is 78.4 Å². The van der Waals surface area contributed by atoms with Gasteiger partial charge in [0.05, 0.1) is 6.04 Å². The number of hydrogen-bond donors (Lipinski definition) is 3. The Morgan fingerprint density at radius 2 is 2.11 bits per heavy atom. The minimum absolute atomic E-state index is 0.154. The van der Waals surface area contributed by atoms with Crippen LogP contribution in [0.4, 0.5) is 0 Å². The lowest BCUT2D eigenvalue weighted by atomic mass is 9.85. The van der Waals surface area contributed by atoms with Gasteiger partial charge in [0.2, 0.25) is 5.91 Å². The van der Waals surface area contributed by atoms with Gasteiger partial charge in [-0.2, -0.15) is 0 Å². The van der Waals surface area contributed by atoms with E-state index >= 15 is 0 Å². The van der Waals surface area contributed by atoms with Gasteiger partial charge in [-0.3, -0.25) is 4.79 Å². The molecule has 5 heteroatoms. The number of carboxylic acid groups (broad SMARTS) is 1. The van der Waals surface area contributed by atoms with Crippen LogP contribution in [0.25, 0.3) is 0 Å². The van der Waals surface area contributed by atoms with E-state index in [2.05, 4.69) is 10.6 Å². The third kappa shape index (κ3) is 2.83. The first-order chi connectivity index (χ1) is 8.61. The summed E-state index contributed by atoms with van der Waals surface area (Å²) >= 11 is 0. The van der Waals surface area contributed by atoms with Crippen LogP contribution in [0.3, 0.4) is 0 Å². The Labute approximate surface area is 107 Å². The van der Waals surface area contributed by atoms with Gasteiger partial charge in [-0.05, 0) is 31.6 Å². The van der Waals surface area contributed by atoms with Crippen LogP contribution in [-0.4, -0.2) is 35.1 Å². The summed E-state index contributed by atoms with van der Waals surface area (Å²) in [4.78, 5) is 22.9. The molecule has 1 amide bonds. The second-order valence-corrected chi connectivity index (χ2v) is 5.41. The summed E-state index contributed by atoms with van der Waals surface area (Å²) in [5.41, 5.74) is 0. The summed E-state index contributed by atoms with van der Waals surface area (Å²) in [6.45, 7) is 1.76. The van der Waals surface area contributed by atoms with Gasteiger partial charge < -0.3 is 15.7 Å². The molecule has 2 aliphatic rings. The Balaban J connectivity index is 1.88. The molecule has 0 aromatic carbocycles. The molecule has 0 aromatic heterocycles. The fourth-order valence-electron chi connectivity index (χ4n) is 3.13. The van der Waals surface area contributed by atoms with Gasteiger partial charge in [0.15, 0.2) is 0 Å². The van der Waals surface area contributed by atoms with Crippen molar-refractivity contribution < 1.29 is 14.7 Å². The van der Waals surface area contributed by atoms with E-state index < -0.39 is 12.0 Å². The zero-order chi connectivity index (χ0) is 13.1. The summed E-state index contributed by atoms with van der Waals surface area (Å²) in [5, 5.41) is 14.9. The number of carboxylic acids is 1. The van der Waals surface area contributed by atoms with Crippen molar-refractivity contribution in [3.05, 3.63) is 0 Å². The first-order valence-electron chi connectivity index (χ1n) is 6.91. The summed E-state index contributed by atoms with van der Waals surface area (Å²) in [6.07, 6.45) is 6.09. The van der Waals surface area contributed by atoms with E-state index in [0.29, 0.717) is 18.4 Å². The van der Waals surface area contributed by atoms with E-state index in [-0.39, 0.29) is 11.9 Å². The number of nitrogens with one attached hydrogen (secondary N) is 2. The predicted molar refractivity (Wildman–Crippen MR) is 67.1 cm³/mol. The van der Waals surface area contributed by atoms with E-state index in [1.54, 1.807) is 6.92 Å². The first-order valence-corrected chi connectivity index (χ1v) is 6.91. The molecule has 0 aromatic rings. The number of amides is 1. The largest absolute Gasteiger partial charge is 0.480 e. The van der Waals surface area contributed by atoms with Crippen LogP contribution in [0, 0.1) is 5.92 Å². The highest BCUT2D eigenvalue weighted by Gasteiger charge is 2.38. The Morgan fingerprint density at radius 3 is 2.72 bits per heavy atom. The van der Waals surface area contributed by atoms with Crippen LogP contribution >= 0.6 is 0 Å². The van der Waals surface area contributed by atoms with Gasteiger partial charge >= 0.3 is 5.97 Å². The lowest BCUT2D eigenvalue weighted by Crippen LogP contribution is -2.49. The lowest BCUT2D eigenvalue weighted by molar-refractivity contribution is -0.142. The maximum atomic E-state index is 12.0. The highest BCUT2D eigenvalue weighted by atomic mass is 16.4. The number of aliphatic carboxylic acids is 1. The van der Waals surface area contributed by atoms with Crippen molar-refractivity contribution in [1.82, 2.24) is 10.6 Å². The van der Waals surface area contributed by atoms with Crippen LogP contribution in [0.5, 0.6) is 0 Å². The normalized spacial score (nSPS) is 32.6. The van der Waals surface area contributed by atoms with Gasteiger partial charge in [0, 0.05) is 6.04 Å². The van der Waals surface area contributed by atoms with Gasteiger partial charge in [0.25, 0.3) is 0 Å². The van der Waals surface area contributed by atoms with Gasteiger partial charge in [-0.15, -0.1) is 0 Å². The van der Waals surface area contributed by atoms with Crippen LogP contribution in [0.15, 0.2) is 0 Å². The minimum Gasteiger partial charge on any atom is -0.480 e. The van der Waals surface area contributed by atoms with Crippen LogP contribution in [-0.2, 0) is 9.59 Å². The third-order valence-corrected chi connectivity index (χ3v) is 4.20. The number of rotatable bonds is 4. The number of carbonyl (C=O) groups excluding carboxylic acids is 1. The minimum atomic E-state index is -0.957. The number of hydrogen-bond acceptors (Lipinski definition) is 3. The average Bonchev–Trinajstić information content (AvgIpc) is 2.79. The van der Waals surface area contributed by atoms with E-state index in [4.69, 9.17) is 5.11 Å². The van der Waals surface area contributed by atoms with Crippen molar-refractivity contribution in [2.45, 2.75) is 63.6 Å². The molecular weight excluding hydrogens is 232 g/mol. The second kappa shape index (κ2) is 5.69. The second-order valence-electron chi connectivity index (χ2n) is 5.41. The Bertz CT molecular complexity index is 318. The molecule has 0 bridgehead atoms. The molecule has 4 atom stereocenters. The van der Waals surface area contributed by atoms with Gasteiger partial charge in [-0.1, -0.05) is 19.8 Å². The molecule has 0 spiro atoms. The summed E-state index contributed by atoms with van der Waals surface area (Å²) in [6, 6.07) is -0.507. The molecule has 3 unspecified atom stereocenters. The smallest absolute Gasteiger partial charge is 0.326 e. The quantitative estimate of drug-likeness (QED) is 0.696. The Hall–Kier alpha value is -1.10. The molecular formula is C13H22N2O3. The van der Waals surface area contributed by atoms with E-state index in [1.807, 2.05) is 0 Å². The lowest BCUT2D eigenvalue weighted by Gasteiger charge is -2.24. The molecule has 0 radical (unpaired) electrons. The fourth-order valence-corrected chi connectivity index (χ4v) is 3.13. The number of fused-ring (bicyclic) bond motifs is 1. The molecule has 2 fully saturated rings. The monoisotopic (exact) mass is 254 g/mol. The maximum absolute atomic E-state index is 12.0. The van der Waals surface area contributed by atoms with Crippen molar-refractivity contribution in [3.8, 4) is 0 Å². The Kier molecular flexibility index (Phi) is 4.22. The summed E-state index contributed by atoms with van der Waals surface area (Å²) in [7, 11) is 0. The molecule has 1 heterocycles. The standard InChI is InChI=1S/C13H22N2O3/c1-2-9(13(17)18)15-12(16)11-7-8-5-3-4-6-10(8)14-11/h8-11,14H,2-7H2,1H3,(H,15,16)(H,17,18)/t8?,9-,10?,11?/m0/s1. The average molecular weight is 254 g/mol.